The van der Waals surface area contributed by atoms with Gasteiger partial charge in [0.05, 0.1) is 0 Å². The Balaban J connectivity index is 4.17. The fourth-order valence-electron chi connectivity index (χ4n) is 0.972. The van der Waals surface area contributed by atoms with E-state index in [-0.39, 0.29) is 6.61 Å². The quantitative estimate of drug-likeness (QED) is 0.351. The van der Waals surface area contributed by atoms with Gasteiger partial charge in [-0.1, -0.05) is 18.1 Å². The topological polar surface area (TPSA) is 26.3 Å². The second-order valence-electron chi connectivity index (χ2n) is 2.89. The van der Waals surface area contributed by atoms with Crippen molar-refractivity contribution in [1.29, 1.82) is 0 Å². The maximum Gasteiger partial charge on any atom is 0.204 e. The molecule has 0 heterocycles. The Labute approximate surface area is 86.5 Å². The first-order valence-electron chi connectivity index (χ1n) is 4.56. The Morgan fingerprint density at radius 2 is 1.79 bits per heavy atom. The lowest BCUT2D eigenvalue weighted by atomic mass is 10.5. The summed E-state index contributed by atoms with van der Waals surface area (Å²) in [5.41, 5.74) is 0. The molecule has 78 valence electrons. The van der Waals surface area contributed by atoms with Gasteiger partial charge in [0.15, 0.2) is 0 Å². The van der Waals surface area contributed by atoms with Crippen LogP contribution in [-0.2, 0) is 9.09 Å². The molecule has 0 aliphatic carbocycles. The summed E-state index contributed by atoms with van der Waals surface area (Å²) in [5.74, 6) is 2.33. The first-order valence-corrected chi connectivity index (χ1v) is 6.56. The first-order chi connectivity index (χ1) is 6.68. The van der Waals surface area contributed by atoms with Gasteiger partial charge in [0.2, 0.25) is 7.37 Å². The number of allylic oxidation sites excluding steroid dienone is 2. The summed E-state index contributed by atoms with van der Waals surface area (Å²) in [6.07, 6.45) is 11.0. The van der Waals surface area contributed by atoms with Crippen LogP contribution in [-0.4, -0.2) is 18.9 Å². The van der Waals surface area contributed by atoms with E-state index in [0.717, 1.165) is 0 Å². The smallest absolute Gasteiger partial charge is 0.204 e. The van der Waals surface area contributed by atoms with Crippen LogP contribution in [0, 0.1) is 12.3 Å². The van der Waals surface area contributed by atoms with E-state index in [4.69, 9.17) is 10.9 Å². The van der Waals surface area contributed by atoms with Gasteiger partial charge in [-0.3, -0.25) is 4.57 Å². The molecule has 0 rings (SSSR count). The number of terminal acetylenes is 1. The molecule has 0 fully saturated rings. The van der Waals surface area contributed by atoms with E-state index < -0.39 is 7.37 Å². The van der Waals surface area contributed by atoms with Gasteiger partial charge in [0.1, 0.15) is 6.61 Å². The van der Waals surface area contributed by atoms with Crippen LogP contribution in [0.2, 0.25) is 0 Å². The molecule has 0 amide bonds. The second kappa shape index (κ2) is 7.62. The minimum atomic E-state index is -2.55. The van der Waals surface area contributed by atoms with Crippen LogP contribution >= 0.6 is 7.37 Å². The number of hydrogen-bond donors (Lipinski definition) is 0. The van der Waals surface area contributed by atoms with Crippen molar-refractivity contribution in [3.8, 4) is 12.3 Å². The van der Waals surface area contributed by atoms with Crippen molar-refractivity contribution in [2.75, 3.05) is 18.9 Å². The summed E-state index contributed by atoms with van der Waals surface area (Å²) in [4.78, 5) is 0. The zero-order valence-corrected chi connectivity index (χ0v) is 9.34. The second-order valence-corrected chi connectivity index (χ2v) is 5.68. The predicted octanol–water partition coefficient (Wildman–Crippen LogP) is 3.07. The van der Waals surface area contributed by atoms with Gasteiger partial charge in [0.25, 0.3) is 0 Å². The van der Waals surface area contributed by atoms with Crippen molar-refractivity contribution >= 4 is 7.37 Å². The summed E-state index contributed by atoms with van der Waals surface area (Å²) in [5, 5.41) is 0. The Kier molecular flexibility index (Phi) is 7.20. The summed E-state index contributed by atoms with van der Waals surface area (Å²) < 4.78 is 17.3. The average Bonchev–Trinajstić information content (AvgIpc) is 2.21. The predicted molar refractivity (Wildman–Crippen MR) is 61.8 cm³/mol. The van der Waals surface area contributed by atoms with Crippen molar-refractivity contribution in [1.82, 2.24) is 0 Å². The standard InChI is InChI=1S/C11H17O2P/c1-4-7-10-14(12,11-8-5-2)13-9-6-3/h3-5H,1-2,7-11H2. The lowest BCUT2D eigenvalue weighted by molar-refractivity contribution is 0.358. The molecule has 0 bridgehead atoms. The summed E-state index contributed by atoms with van der Waals surface area (Å²) in [6.45, 7) is 7.29. The monoisotopic (exact) mass is 212 g/mol. The molecule has 14 heavy (non-hydrogen) atoms. The van der Waals surface area contributed by atoms with Crippen LogP contribution in [0.15, 0.2) is 25.3 Å². The van der Waals surface area contributed by atoms with Crippen LogP contribution in [0.25, 0.3) is 0 Å². The maximum atomic E-state index is 12.1. The Hall–Kier alpha value is -0.770. The number of hydrogen-bond acceptors (Lipinski definition) is 2. The molecule has 3 heteroatoms. The van der Waals surface area contributed by atoms with Crippen LogP contribution in [0.1, 0.15) is 12.8 Å². The molecule has 0 unspecified atom stereocenters. The molecule has 0 saturated carbocycles. The largest absolute Gasteiger partial charge is 0.315 e. The normalized spacial score (nSPS) is 10.5. The zero-order chi connectivity index (χ0) is 10.9. The van der Waals surface area contributed by atoms with E-state index in [2.05, 4.69) is 19.1 Å². The lowest BCUT2D eigenvalue weighted by Gasteiger charge is -2.15. The molecule has 0 aliphatic heterocycles. The van der Waals surface area contributed by atoms with Crippen molar-refractivity contribution in [3.63, 3.8) is 0 Å². The Morgan fingerprint density at radius 3 is 2.14 bits per heavy atom. The molecular formula is C11H17O2P. The maximum absolute atomic E-state index is 12.1. The fraction of sp³-hybridized carbons (Fsp3) is 0.455. The van der Waals surface area contributed by atoms with Crippen LogP contribution in [0.5, 0.6) is 0 Å². The highest BCUT2D eigenvalue weighted by Crippen LogP contribution is 2.47. The van der Waals surface area contributed by atoms with E-state index in [1.165, 1.54) is 0 Å². The molecule has 0 aromatic carbocycles. The third-order valence-electron chi connectivity index (χ3n) is 1.73. The van der Waals surface area contributed by atoms with E-state index in [0.29, 0.717) is 25.2 Å². The highest BCUT2D eigenvalue weighted by molar-refractivity contribution is 7.59. The lowest BCUT2D eigenvalue weighted by Crippen LogP contribution is -1.99. The minimum Gasteiger partial charge on any atom is -0.315 e. The average molecular weight is 212 g/mol. The zero-order valence-electron chi connectivity index (χ0n) is 8.45. The SMILES string of the molecule is C#CCOP(=O)(CCC=C)CCC=C. The molecule has 0 atom stereocenters. The molecule has 0 aromatic rings. The van der Waals surface area contributed by atoms with Crippen LogP contribution in [0.4, 0.5) is 0 Å². The summed E-state index contributed by atoms with van der Waals surface area (Å²) in [6, 6.07) is 0. The van der Waals surface area contributed by atoms with E-state index in [1.807, 2.05) is 0 Å². The van der Waals surface area contributed by atoms with Gasteiger partial charge in [-0.05, 0) is 12.8 Å². The third kappa shape index (κ3) is 5.80. The van der Waals surface area contributed by atoms with Gasteiger partial charge in [-0.2, -0.15) is 0 Å². The van der Waals surface area contributed by atoms with Crippen molar-refractivity contribution < 1.29 is 9.09 Å². The van der Waals surface area contributed by atoms with E-state index in [1.54, 1.807) is 12.2 Å². The third-order valence-corrected chi connectivity index (χ3v) is 4.21. The Morgan fingerprint density at radius 1 is 1.29 bits per heavy atom. The first kappa shape index (κ1) is 13.2. The molecule has 0 aromatic heterocycles. The molecular weight excluding hydrogens is 195 g/mol. The highest BCUT2D eigenvalue weighted by Gasteiger charge is 2.20. The molecule has 0 aliphatic rings. The summed E-state index contributed by atoms with van der Waals surface area (Å²) in [7, 11) is -2.55. The minimum absolute atomic E-state index is 0.117. The fourth-order valence-corrected chi connectivity index (χ4v) is 2.92. The molecule has 2 nitrogen and oxygen atoms in total. The van der Waals surface area contributed by atoms with Gasteiger partial charge in [-0.15, -0.1) is 19.6 Å². The van der Waals surface area contributed by atoms with Crippen molar-refractivity contribution in [2.24, 2.45) is 0 Å². The van der Waals surface area contributed by atoms with E-state index >= 15 is 0 Å². The van der Waals surface area contributed by atoms with Gasteiger partial charge in [-0.25, -0.2) is 0 Å². The molecule has 0 N–H and O–H groups in total. The molecule has 0 spiro atoms. The van der Waals surface area contributed by atoms with Crippen LogP contribution < -0.4 is 0 Å². The Bertz CT molecular complexity index is 247. The van der Waals surface area contributed by atoms with Crippen molar-refractivity contribution in [3.05, 3.63) is 25.3 Å². The van der Waals surface area contributed by atoms with Crippen LogP contribution in [0.3, 0.4) is 0 Å². The van der Waals surface area contributed by atoms with Crippen molar-refractivity contribution in [2.45, 2.75) is 12.8 Å². The van der Waals surface area contributed by atoms with Gasteiger partial charge in [0, 0.05) is 12.3 Å². The summed E-state index contributed by atoms with van der Waals surface area (Å²) >= 11 is 0. The van der Waals surface area contributed by atoms with Gasteiger partial charge >= 0.3 is 0 Å². The molecule has 0 saturated heterocycles. The van der Waals surface area contributed by atoms with Gasteiger partial charge < -0.3 is 4.52 Å². The molecule has 0 radical (unpaired) electrons. The number of rotatable bonds is 8. The van der Waals surface area contributed by atoms with E-state index in [9.17, 15) is 4.57 Å². The highest BCUT2D eigenvalue weighted by atomic mass is 31.2.